The lowest BCUT2D eigenvalue weighted by Crippen LogP contribution is -2.10. The largest absolute Gasteiger partial charge is 0.394 e. The Morgan fingerprint density at radius 3 is 2.29 bits per heavy atom. The molecule has 2 N–H and O–H groups in total. The maximum atomic E-state index is 9.81. The van der Waals surface area contributed by atoms with E-state index in [1.54, 1.807) is 0 Å². The average molecular weight is 142 g/mol. The van der Waals surface area contributed by atoms with Gasteiger partial charge in [0.25, 0.3) is 0 Å². The van der Waals surface area contributed by atoms with Gasteiger partial charge in [-0.2, -0.15) is 12.6 Å². The Morgan fingerprint density at radius 2 is 2.29 bits per heavy atom. The second-order valence-electron chi connectivity index (χ2n) is 0.913. The Hall–Kier alpha value is 0.420. The van der Waals surface area contributed by atoms with Gasteiger partial charge in [-0.1, -0.05) is 0 Å². The first-order valence-electron chi connectivity index (χ1n) is 1.57. The van der Waals surface area contributed by atoms with Gasteiger partial charge in [-0.05, 0) is 0 Å². The predicted octanol–water partition coefficient (Wildman–Crippen LogP) is -0.544. The number of hydrogen-bond donors (Lipinski definition) is 3. The van der Waals surface area contributed by atoms with Crippen LogP contribution in [0.5, 0.6) is 0 Å². The summed E-state index contributed by atoms with van der Waals surface area (Å²) >= 11 is 1.53. The summed E-state index contributed by atoms with van der Waals surface area (Å²) in [6.45, 7) is -0.369. The molecule has 0 aromatic heterocycles. The summed E-state index contributed by atoms with van der Waals surface area (Å²) in [5.74, 6) is 0. The van der Waals surface area contributed by atoms with Crippen LogP contribution in [0.4, 0.5) is 0 Å². The van der Waals surface area contributed by atoms with Gasteiger partial charge < -0.3 is 9.66 Å². The summed E-state index contributed by atoms with van der Waals surface area (Å²) in [6, 6.07) is 0. The molecular formula is C2H6O3S2. The van der Waals surface area contributed by atoms with Crippen LogP contribution in [0.3, 0.4) is 0 Å². The molecule has 0 aromatic rings. The number of aliphatic hydroxyl groups is 1. The van der Waals surface area contributed by atoms with Crippen molar-refractivity contribution >= 4 is 23.7 Å². The molecule has 0 aliphatic heterocycles. The van der Waals surface area contributed by atoms with E-state index in [0.29, 0.717) is 0 Å². The van der Waals surface area contributed by atoms with Gasteiger partial charge in [0, 0.05) is 0 Å². The molecule has 0 fully saturated rings. The highest BCUT2D eigenvalue weighted by Crippen LogP contribution is 1.94. The van der Waals surface area contributed by atoms with Gasteiger partial charge in [0.2, 0.25) is 0 Å². The number of hydrogen-bond acceptors (Lipinski definition) is 3. The van der Waals surface area contributed by atoms with Crippen molar-refractivity contribution in [1.29, 1.82) is 0 Å². The standard InChI is InChI=1S/C2H6O3S2/c3-1-2(6)7(4)5/h2-3,6H,1H2,(H,4,5). The third kappa shape index (κ3) is 3.04. The molecule has 7 heavy (non-hydrogen) atoms. The summed E-state index contributed by atoms with van der Waals surface area (Å²) in [7, 11) is 0. The molecule has 0 saturated carbocycles. The Balaban J connectivity index is 3.34. The van der Waals surface area contributed by atoms with Crippen LogP contribution in [0.25, 0.3) is 0 Å². The highest BCUT2D eigenvalue weighted by Gasteiger charge is 2.04. The fourth-order valence-electron chi connectivity index (χ4n) is 0.0638. The van der Waals surface area contributed by atoms with Crippen LogP contribution in [-0.2, 0) is 11.1 Å². The second kappa shape index (κ2) is 3.43. The van der Waals surface area contributed by atoms with Gasteiger partial charge in [0.1, 0.15) is 4.58 Å². The molecule has 0 aliphatic rings. The quantitative estimate of drug-likeness (QED) is 0.358. The Labute approximate surface area is 49.4 Å². The summed E-state index contributed by atoms with van der Waals surface area (Å²) in [5, 5.41) is 8.08. The summed E-state index contributed by atoms with van der Waals surface area (Å²) < 4.78 is 17.0. The predicted molar refractivity (Wildman–Crippen MR) is 30.6 cm³/mol. The van der Waals surface area contributed by atoms with E-state index in [0.717, 1.165) is 0 Å². The van der Waals surface area contributed by atoms with E-state index in [1.807, 2.05) is 0 Å². The highest BCUT2D eigenvalue weighted by atomic mass is 32.2. The Morgan fingerprint density at radius 1 is 1.86 bits per heavy atom. The first kappa shape index (κ1) is 7.42. The lowest BCUT2D eigenvalue weighted by atomic mass is 10.9. The van der Waals surface area contributed by atoms with Crippen molar-refractivity contribution in [2.45, 2.75) is 4.58 Å². The van der Waals surface area contributed by atoms with E-state index in [1.165, 1.54) is 0 Å². The van der Waals surface area contributed by atoms with Crippen molar-refractivity contribution in [3.63, 3.8) is 0 Å². The van der Waals surface area contributed by atoms with Crippen LogP contribution in [0.2, 0.25) is 0 Å². The molecule has 0 aromatic carbocycles. The molecule has 3 nitrogen and oxygen atoms in total. The van der Waals surface area contributed by atoms with Gasteiger partial charge in [-0.25, -0.2) is 4.21 Å². The second-order valence-corrected chi connectivity index (χ2v) is 3.01. The highest BCUT2D eigenvalue weighted by molar-refractivity contribution is 7.98. The van der Waals surface area contributed by atoms with Gasteiger partial charge in [-0.15, -0.1) is 0 Å². The molecule has 0 radical (unpaired) electrons. The number of aliphatic hydroxyl groups excluding tert-OH is 1. The van der Waals surface area contributed by atoms with Crippen LogP contribution in [0, 0.1) is 0 Å². The molecule has 0 amide bonds. The molecule has 0 heterocycles. The van der Waals surface area contributed by atoms with Crippen LogP contribution in [-0.4, -0.2) is 25.1 Å². The monoisotopic (exact) mass is 142 g/mol. The zero-order chi connectivity index (χ0) is 5.86. The van der Waals surface area contributed by atoms with E-state index < -0.39 is 15.7 Å². The van der Waals surface area contributed by atoms with Crippen molar-refractivity contribution < 1.29 is 13.9 Å². The lowest BCUT2D eigenvalue weighted by molar-refractivity contribution is 0.312. The minimum Gasteiger partial charge on any atom is -0.394 e. The van der Waals surface area contributed by atoms with Crippen molar-refractivity contribution in [3.05, 3.63) is 0 Å². The minimum atomic E-state index is -2.00. The fourth-order valence-corrected chi connectivity index (χ4v) is 0.191. The third-order valence-corrected chi connectivity index (χ3v) is 1.71. The van der Waals surface area contributed by atoms with Crippen molar-refractivity contribution in [1.82, 2.24) is 0 Å². The first-order valence-corrected chi connectivity index (χ1v) is 3.25. The fraction of sp³-hybridized carbons (Fsp3) is 1.00. The topological polar surface area (TPSA) is 57.5 Å². The van der Waals surface area contributed by atoms with Gasteiger partial charge >= 0.3 is 0 Å². The molecular weight excluding hydrogens is 136 g/mol. The average Bonchev–Trinajstić information content (AvgIpc) is 1.65. The third-order valence-electron chi connectivity index (χ3n) is 0.389. The minimum absolute atomic E-state index is 0.369. The summed E-state index contributed by atoms with van der Waals surface area (Å²) in [6.07, 6.45) is 0. The molecule has 0 spiro atoms. The van der Waals surface area contributed by atoms with Crippen LogP contribution in [0.15, 0.2) is 0 Å². The lowest BCUT2D eigenvalue weighted by Gasteiger charge is -1.96. The van der Waals surface area contributed by atoms with Gasteiger partial charge in [-0.3, -0.25) is 0 Å². The van der Waals surface area contributed by atoms with Gasteiger partial charge in [0.15, 0.2) is 11.1 Å². The smallest absolute Gasteiger partial charge is 0.168 e. The molecule has 0 aliphatic carbocycles. The molecule has 2 atom stereocenters. The number of rotatable bonds is 2. The maximum absolute atomic E-state index is 9.81. The maximum Gasteiger partial charge on any atom is 0.168 e. The normalized spacial score (nSPS) is 18.7. The van der Waals surface area contributed by atoms with E-state index in [4.69, 9.17) is 9.66 Å². The molecule has 5 heteroatoms. The SMILES string of the molecule is O=S(O)C(S)CO. The Kier molecular flexibility index (Phi) is 3.63. The van der Waals surface area contributed by atoms with Crippen molar-refractivity contribution in [2.75, 3.05) is 6.61 Å². The van der Waals surface area contributed by atoms with Crippen molar-refractivity contribution in [2.24, 2.45) is 0 Å². The molecule has 0 rings (SSSR count). The van der Waals surface area contributed by atoms with Gasteiger partial charge in [0.05, 0.1) is 6.61 Å². The molecule has 2 unspecified atom stereocenters. The van der Waals surface area contributed by atoms with E-state index >= 15 is 0 Å². The van der Waals surface area contributed by atoms with E-state index in [2.05, 4.69) is 12.6 Å². The molecule has 0 saturated heterocycles. The van der Waals surface area contributed by atoms with Crippen LogP contribution < -0.4 is 0 Å². The summed E-state index contributed by atoms with van der Waals surface area (Å²) in [4.78, 5) is 0. The Bertz CT molecular complexity index is 73.3. The molecule has 44 valence electrons. The number of thiol groups is 1. The first-order chi connectivity index (χ1) is 3.18. The van der Waals surface area contributed by atoms with Crippen LogP contribution >= 0.6 is 12.6 Å². The molecule has 0 bridgehead atoms. The van der Waals surface area contributed by atoms with Crippen LogP contribution in [0.1, 0.15) is 0 Å². The van der Waals surface area contributed by atoms with E-state index in [9.17, 15) is 4.21 Å². The van der Waals surface area contributed by atoms with E-state index in [-0.39, 0.29) is 6.61 Å². The summed E-state index contributed by atoms with van der Waals surface area (Å²) in [5.41, 5.74) is 0. The zero-order valence-corrected chi connectivity index (χ0v) is 5.15. The van der Waals surface area contributed by atoms with Crippen molar-refractivity contribution in [3.8, 4) is 0 Å². The zero-order valence-electron chi connectivity index (χ0n) is 3.44.